The van der Waals surface area contributed by atoms with Gasteiger partial charge >= 0.3 is 0 Å². The summed E-state index contributed by atoms with van der Waals surface area (Å²) in [6, 6.07) is 4.28. The summed E-state index contributed by atoms with van der Waals surface area (Å²) in [6.45, 7) is 13.2. The van der Waals surface area contributed by atoms with Gasteiger partial charge in [0.1, 0.15) is 5.75 Å². The Morgan fingerprint density at radius 2 is 1.67 bits per heavy atom. The zero-order chi connectivity index (χ0) is 14.1. The largest absolute Gasteiger partial charge is 0.507 e. The maximum Gasteiger partial charge on any atom is 0.123 e. The zero-order valence-electron chi connectivity index (χ0n) is 12.4. The van der Waals surface area contributed by atoms with Crippen LogP contribution in [0.4, 0.5) is 0 Å². The van der Waals surface area contributed by atoms with Gasteiger partial charge in [0.25, 0.3) is 0 Å². The number of hydrogen-bond donors (Lipinski definition) is 1. The standard InChI is InChI=1S/C16H25BrO/c1-7-16(5,6)13-9-12(15(2,3)4)8-11(10-17)14(13)18/h8-9,18H,7,10H2,1-6H3. The molecule has 0 aliphatic carbocycles. The van der Waals surface area contributed by atoms with Gasteiger partial charge in [-0.25, -0.2) is 0 Å². The third-order valence-electron chi connectivity index (χ3n) is 3.81. The van der Waals surface area contributed by atoms with Gasteiger partial charge in [0.15, 0.2) is 0 Å². The topological polar surface area (TPSA) is 20.2 Å². The number of aromatic hydroxyl groups is 1. The summed E-state index contributed by atoms with van der Waals surface area (Å²) in [5, 5.41) is 11.1. The second-order valence-electron chi connectivity index (χ2n) is 6.65. The van der Waals surface area contributed by atoms with Crippen molar-refractivity contribution in [1.29, 1.82) is 0 Å². The van der Waals surface area contributed by atoms with Gasteiger partial charge in [0, 0.05) is 16.5 Å². The summed E-state index contributed by atoms with van der Waals surface area (Å²) in [4.78, 5) is 0. The van der Waals surface area contributed by atoms with Crippen LogP contribution in [0.5, 0.6) is 5.75 Å². The van der Waals surface area contributed by atoms with Crippen molar-refractivity contribution >= 4 is 15.9 Å². The van der Waals surface area contributed by atoms with Crippen LogP contribution in [0.3, 0.4) is 0 Å². The highest BCUT2D eigenvalue weighted by molar-refractivity contribution is 9.08. The van der Waals surface area contributed by atoms with Gasteiger partial charge in [-0.15, -0.1) is 0 Å². The Balaban J connectivity index is 3.51. The van der Waals surface area contributed by atoms with E-state index in [1.807, 2.05) is 0 Å². The third kappa shape index (κ3) is 3.09. The smallest absolute Gasteiger partial charge is 0.123 e. The van der Waals surface area contributed by atoms with Crippen molar-refractivity contribution in [2.45, 2.75) is 64.1 Å². The second kappa shape index (κ2) is 5.24. The minimum atomic E-state index is 0.00225. The van der Waals surface area contributed by atoms with Gasteiger partial charge in [0.2, 0.25) is 0 Å². The van der Waals surface area contributed by atoms with Crippen LogP contribution in [0.2, 0.25) is 0 Å². The highest BCUT2D eigenvalue weighted by Gasteiger charge is 2.26. The Labute approximate surface area is 120 Å². The molecular formula is C16H25BrO. The molecule has 0 radical (unpaired) electrons. The molecule has 2 heteroatoms. The first-order valence-corrected chi connectivity index (χ1v) is 7.68. The first-order chi connectivity index (χ1) is 8.13. The lowest BCUT2D eigenvalue weighted by Crippen LogP contribution is -2.19. The molecule has 0 aliphatic rings. The fraction of sp³-hybridized carbons (Fsp3) is 0.625. The Morgan fingerprint density at radius 3 is 2.06 bits per heavy atom. The normalized spacial score (nSPS) is 12.8. The van der Waals surface area contributed by atoms with E-state index in [4.69, 9.17) is 0 Å². The van der Waals surface area contributed by atoms with E-state index in [2.05, 4.69) is 69.6 Å². The fourth-order valence-electron chi connectivity index (χ4n) is 1.94. The van der Waals surface area contributed by atoms with Crippen molar-refractivity contribution in [3.05, 3.63) is 28.8 Å². The SMILES string of the molecule is CCC(C)(C)c1cc(C(C)(C)C)cc(CBr)c1O. The molecule has 1 rings (SSSR count). The van der Waals surface area contributed by atoms with Crippen molar-refractivity contribution in [2.75, 3.05) is 0 Å². The number of rotatable bonds is 3. The van der Waals surface area contributed by atoms with Gasteiger partial charge in [0.05, 0.1) is 0 Å². The molecule has 0 saturated heterocycles. The van der Waals surface area contributed by atoms with Crippen LogP contribution in [-0.2, 0) is 16.2 Å². The van der Waals surface area contributed by atoms with Crippen molar-refractivity contribution < 1.29 is 5.11 Å². The lowest BCUT2D eigenvalue weighted by Gasteiger charge is -2.29. The summed E-state index contributed by atoms with van der Waals surface area (Å²) in [7, 11) is 0. The minimum absolute atomic E-state index is 0.00225. The molecule has 18 heavy (non-hydrogen) atoms. The number of halogens is 1. The van der Waals surface area contributed by atoms with Crippen molar-refractivity contribution in [3.8, 4) is 5.75 Å². The molecule has 1 N–H and O–H groups in total. The van der Waals surface area contributed by atoms with Crippen LogP contribution >= 0.6 is 15.9 Å². The first kappa shape index (κ1) is 15.6. The van der Waals surface area contributed by atoms with E-state index in [-0.39, 0.29) is 10.8 Å². The molecule has 102 valence electrons. The van der Waals surface area contributed by atoms with E-state index >= 15 is 0 Å². The van der Waals surface area contributed by atoms with Crippen molar-refractivity contribution in [2.24, 2.45) is 0 Å². The molecule has 1 aromatic rings. The van der Waals surface area contributed by atoms with E-state index in [9.17, 15) is 5.11 Å². The average Bonchev–Trinajstić information content (AvgIpc) is 2.27. The number of hydrogen-bond acceptors (Lipinski definition) is 1. The van der Waals surface area contributed by atoms with E-state index in [0.29, 0.717) is 11.1 Å². The molecule has 0 spiro atoms. The molecule has 0 aliphatic heterocycles. The molecule has 1 aromatic carbocycles. The molecule has 0 fully saturated rings. The fourth-order valence-corrected chi connectivity index (χ4v) is 2.36. The summed E-state index contributed by atoms with van der Waals surface area (Å²) in [5.74, 6) is 0.451. The van der Waals surface area contributed by atoms with Crippen molar-refractivity contribution in [1.82, 2.24) is 0 Å². The van der Waals surface area contributed by atoms with Crippen molar-refractivity contribution in [3.63, 3.8) is 0 Å². The summed E-state index contributed by atoms with van der Waals surface area (Å²) in [5.41, 5.74) is 3.43. The lowest BCUT2D eigenvalue weighted by molar-refractivity contribution is 0.423. The van der Waals surface area contributed by atoms with E-state index in [1.165, 1.54) is 5.56 Å². The lowest BCUT2D eigenvalue weighted by atomic mass is 9.77. The Hall–Kier alpha value is -0.500. The minimum Gasteiger partial charge on any atom is -0.507 e. The molecule has 0 amide bonds. The van der Waals surface area contributed by atoms with Gasteiger partial charge in [-0.1, -0.05) is 69.6 Å². The van der Waals surface area contributed by atoms with Gasteiger partial charge in [-0.05, 0) is 22.8 Å². The van der Waals surface area contributed by atoms with E-state index in [0.717, 1.165) is 17.5 Å². The predicted octanol–water partition coefficient (Wildman–Crippen LogP) is 5.27. The molecule has 0 bridgehead atoms. The molecule has 0 saturated carbocycles. The Kier molecular flexibility index (Phi) is 4.53. The van der Waals surface area contributed by atoms with Crippen LogP contribution in [0.25, 0.3) is 0 Å². The molecule has 0 unspecified atom stereocenters. The van der Waals surface area contributed by atoms with Gasteiger partial charge in [-0.2, -0.15) is 0 Å². The predicted molar refractivity (Wildman–Crippen MR) is 82.8 cm³/mol. The number of benzene rings is 1. The van der Waals surface area contributed by atoms with E-state index < -0.39 is 0 Å². The highest BCUT2D eigenvalue weighted by Crippen LogP contribution is 2.39. The maximum absolute atomic E-state index is 10.4. The van der Waals surface area contributed by atoms with Crippen LogP contribution < -0.4 is 0 Å². The molecular weight excluding hydrogens is 288 g/mol. The Bertz CT molecular complexity index is 427. The number of phenols is 1. The van der Waals surface area contributed by atoms with Gasteiger partial charge < -0.3 is 5.11 Å². The first-order valence-electron chi connectivity index (χ1n) is 6.56. The van der Waals surface area contributed by atoms with Crippen LogP contribution in [0, 0.1) is 0 Å². The molecule has 1 nitrogen and oxygen atoms in total. The monoisotopic (exact) mass is 312 g/mol. The average molecular weight is 313 g/mol. The Morgan fingerprint density at radius 1 is 1.11 bits per heavy atom. The van der Waals surface area contributed by atoms with Crippen LogP contribution in [0.1, 0.15) is 64.7 Å². The molecule has 0 heterocycles. The summed E-state index contributed by atoms with van der Waals surface area (Å²) < 4.78 is 0. The number of alkyl halides is 1. The molecule has 0 aromatic heterocycles. The van der Waals surface area contributed by atoms with Crippen LogP contribution in [0.15, 0.2) is 12.1 Å². The molecule has 0 atom stereocenters. The zero-order valence-corrected chi connectivity index (χ0v) is 14.0. The van der Waals surface area contributed by atoms with Gasteiger partial charge in [-0.3, -0.25) is 0 Å². The summed E-state index contributed by atoms with van der Waals surface area (Å²) in [6.07, 6.45) is 1.01. The van der Waals surface area contributed by atoms with E-state index in [1.54, 1.807) is 0 Å². The maximum atomic E-state index is 10.4. The summed E-state index contributed by atoms with van der Waals surface area (Å²) >= 11 is 3.47. The number of phenolic OH excluding ortho intramolecular Hbond substituents is 1. The third-order valence-corrected chi connectivity index (χ3v) is 4.42. The second-order valence-corrected chi connectivity index (χ2v) is 7.21. The van der Waals surface area contributed by atoms with Crippen LogP contribution in [-0.4, -0.2) is 5.11 Å². The quantitative estimate of drug-likeness (QED) is 0.753. The highest BCUT2D eigenvalue weighted by atomic mass is 79.9.